The van der Waals surface area contributed by atoms with Crippen LogP contribution in [0.4, 0.5) is 17.1 Å². The molecule has 0 saturated carbocycles. The SMILES string of the molecule is CC1(C)c2ccccc2-c2c(-c3ccccc3N(c3ccc4c(c3)C(C)(c3ccccc3)c3ccccc3-4)c3ccccc3-c3cccc4ccccc34)cccc21. The molecule has 1 heteroatoms. The van der Waals surface area contributed by atoms with Crippen molar-refractivity contribution in [2.75, 3.05) is 4.90 Å². The fourth-order valence-corrected chi connectivity index (χ4v) is 10.3. The quantitative estimate of drug-likeness (QED) is 0.164. The van der Waals surface area contributed by atoms with Gasteiger partial charge in [0, 0.05) is 27.6 Å². The summed E-state index contributed by atoms with van der Waals surface area (Å²) >= 11 is 0. The zero-order valence-electron chi connectivity index (χ0n) is 33.1. The van der Waals surface area contributed by atoms with Gasteiger partial charge < -0.3 is 4.90 Å². The molecular weight excluding hydrogens is 699 g/mol. The lowest BCUT2D eigenvalue weighted by atomic mass is 9.74. The van der Waals surface area contributed by atoms with Crippen molar-refractivity contribution in [2.24, 2.45) is 0 Å². The minimum Gasteiger partial charge on any atom is -0.309 e. The topological polar surface area (TPSA) is 3.24 Å². The molecule has 276 valence electrons. The van der Waals surface area contributed by atoms with Crippen LogP contribution in [0.25, 0.3) is 55.3 Å². The number of para-hydroxylation sites is 2. The molecule has 2 aliphatic carbocycles. The second-order valence-electron chi connectivity index (χ2n) is 16.6. The lowest BCUT2D eigenvalue weighted by molar-refractivity contribution is 0.660. The van der Waals surface area contributed by atoms with Crippen LogP contribution in [0.5, 0.6) is 0 Å². The Labute approximate surface area is 341 Å². The van der Waals surface area contributed by atoms with E-state index in [1.165, 1.54) is 83.1 Å². The number of nitrogens with zero attached hydrogens (tertiary/aromatic N) is 1. The Morgan fingerprint density at radius 2 is 0.862 bits per heavy atom. The predicted octanol–water partition coefficient (Wildman–Crippen LogP) is 15.3. The van der Waals surface area contributed by atoms with Crippen LogP contribution in [0.15, 0.2) is 206 Å². The first kappa shape index (κ1) is 34.3. The van der Waals surface area contributed by atoms with Crippen molar-refractivity contribution >= 4 is 27.8 Å². The summed E-state index contributed by atoms with van der Waals surface area (Å²) in [5.41, 5.74) is 19.8. The molecule has 1 atom stereocenters. The molecule has 0 spiro atoms. The van der Waals surface area contributed by atoms with Crippen LogP contribution in [0.1, 0.15) is 48.6 Å². The van der Waals surface area contributed by atoms with E-state index in [2.05, 4.69) is 232 Å². The van der Waals surface area contributed by atoms with Gasteiger partial charge in [-0.25, -0.2) is 0 Å². The molecule has 0 bridgehead atoms. The van der Waals surface area contributed by atoms with E-state index in [1.807, 2.05) is 0 Å². The average Bonchev–Trinajstić information content (AvgIpc) is 3.68. The van der Waals surface area contributed by atoms with E-state index >= 15 is 0 Å². The molecule has 2 aliphatic rings. The van der Waals surface area contributed by atoms with Crippen molar-refractivity contribution in [3.8, 4) is 44.5 Å². The lowest BCUT2D eigenvalue weighted by Crippen LogP contribution is -2.23. The van der Waals surface area contributed by atoms with Gasteiger partial charge >= 0.3 is 0 Å². The maximum atomic E-state index is 2.53. The zero-order valence-corrected chi connectivity index (χ0v) is 33.1. The van der Waals surface area contributed by atoms with Gasteiger partial charge in [0.2, 0.25) is 0 Å². The molecule has 0 radical (unpaired) electrons. The second kappa shape index (κ2) is 13.0. The maximum absolute atomic E-state index is 2.53. The van der Waals surface area contributed by atoms with Crippen molar-refractivity contribution in [1.29, 1.82) is 0 Å². The third-order valence-corrected chi connectivity index (χ3v) is 13.2. The fourth-order valence-electron chi connectivity index (χ4n) is 10.3. The number of hydrogen-bond acceptors (Lipinski definition) is 1. The number of hydrogen-bond donors (Lipinski definition) is 0. The van der Waals surface area contributed by atoms with Gasteiger partial charge in [-0.3, -0.25) is 0 Å². The van der Waals surface area contributed by atoms with E-state index in [1.54, 1.807) is 0 Å². The summed E-state index contributed by atoms with van der Waals surface area (Å²) in [4.78, 5) is 2.53. The third kappa shape index (κ3) is 4.96. The predicted molar refractivity (Wildman–Crippen MR) is 245 cm³/mol. The monoisotopic (exact) mass is 741 g/mol. The molecule has 0 amide bonds. The molecule has 11 rings (SSSR count). The van der Waals surface area contributed by atoms with Gasteiger partial charge in [-0.2, -0.15) is 0 Å². The highest BCUT2D eigenvalue weighted by molar-refractivity contribution is 6.04. The molecule has 1 unspecified atom stereocenters. The minimum absolute atomic E-state index is 0.103. The summed E-state index contributed by atoms with van der Waals surface area (Å²) < 4.78 is 0. The van der Waals surface area contributed by atoms with Crippen LogP contribution in [0, 0.1) is 0 Å². The molecule has 9 aromatic rings. The van der Waals surface area contributed by atoms with Crippen molar-refractivity contribution < 1.29 is 0 Å². The zero-order chi connectivity index (χ0) is 39.0. The van der Waals surface area contributed by atoms with Crippen molar-refractivity contribution in [2.45, 2.75) is 31.6 Å². The van der Waals surface area contributed by atoms with E-state index in [0.717, 1.165) is 17.1 Å². The van der Waals surface area contributed by atoms with Crippen LogP contribution in [0.2, 0.25) is 0 Å². The Morgan fingerprint density at radius 3 is 1.64 bits per heavy atom. The van der Waals surface area contributed by atoms with E-state index in [4.69, 9.17) is 0 Å². The number of rotatable bonds is 6. The highest BCUT2D eigenvalue weighted by Gasteiger charge is 2.41. The smallest absolute Gasteiger partial charge is 0.0540 e. The normalized spacial score (nSPS) is 15.7. The van der Waals surface area contributed by atoms with Gasteiger partial charge in [0.25, 0.3) is 0 Å². The average molecular weight is 742 g/mol. The van der Waals surface area contributed by atoms with E-state index in [9.17, 15) is 0 Å². The van der Waals surface area contributed by atoms with Crippen molar-refractivity contribution in [3.05, 3.63) is 234 Å². The highest BCUT2D eigenvalue weighted by atomic mass is 15.1. The molecular formula is C57H43N. The first-order valence-corrected chi connectivity index (χ1v) is 20.4. The van der Waals surface area contributed by atoms with Gasteiger partial charge in [-0.05, 0) is 103 Å². The lowest BCUT2D eigenvalue weighted by Gasteiger charge is -2.33. The summed E-state index contributed by atoms with van der Waals surface area (Å²) in [6.07, 6.45) is 0. The summed E-state index contributed by atoms with van der Waals surface area (Å²) in [6.45, 7) is 7.14. The van der Waals surface area contributed by atoms with Crippen LogP contribution >= 0.6 is 0 Å². The molecule has 58 heavy (non-hydrogen) atoms. The minimum atomic E-state index is -0.334. The number of fused-ring (bicyclic) bond motifs is 7. The second-order valence-corrected chi connectivity index (χ2v) is 16.6. The Balaban J connectivity index is 1.20. The maximum Gasteiger partial charge on any atom is 0.0540 e. The first-order chi connectivity index (χ1) is 28.4. The summed E-state index contributed by atoms with van der Waals surface area (Å²) in [5, 5.41) is 2.48. The molecule has 0 N–H and O–H groups in total. The Morgan fingerprint density at radius 1 is 0.345 bits per heavy atom. The molecule has 0 aliphatic heterocycles. The van der Waals surface area contributed by atoms with E-state index in [0.29, 0.717) is 0 Å². The van der Waals surface area contributed by atoms with Crippen LogP contribution in [-0.2, 0) is 10.8 Å². The molecule has 1 nitrogen and oxygen atoms in total. The van der Waals surface area contributed by atoms with Gasteiger partial charge in [-0.15, -0.1) is 0 Å². The summed E-state index contributed by atoms with van der Waals surface area (Å²) in [7, 11) is 0. The van der Waals surface area contributed by atoms with Gasteiger partial charge in [0.15, 0.2) is 0 Å². The summed E-state index contributed by atoms with van der Waals surface area (Å²) in [5.74, 6) is 0. The Bertz CT molecular complexity index is 3060. The summed E-state index contributed by atoms with van der Waals surface area (Å²) in [6, 6.07) is 76.6. The van der Waals surface area contributed by atoms with Crippen LogP contribution in [-0.4, -0.2) is 0 Å². The van der Waals surface area contributed by atoms with Gasteiger partial charge in [-0.1, -0.05) is 196 Å². The fraction of sp³-hybridized carbons (Fsp3) is 0.0877. The van der Waals surface area contributed by atoms with Crippen molar-refractivity contribution in [3.63, 3.8) is 0 Å². The molecule has 0 aromatic heterocycles. The molecule has 9 aromatic carbocycles. The van der Waals surface area contributed by atoms with Crippen LogP contribution < -0.4 is 4.90 Å². The largest absolute Gasteiger partial charge is 0.309 e. The van der Waals surface area contributed by atoms with Crippen LogP contribution in [0.3, 0.4) is 0 Å². The van der Waals surface area contributed by atoms with E-state index < -0.39 is 0 Å². The molecule has 0 saturated heterocycles. The Hall–Kier alpha value is -6.96. The number of benzene rings is 9. The Kier molecular flexibility index (Phi) is 7.72. The third-order valence-electron chi connectivity index (χ3n) is 13.2. The number of anilines is 3. The van der Waals surface area contributed by atoms with Crippen molar-refractivity contribution in [1.82, 2.24) is 0 Å². The highest BCUT2D eigenvalue weighted by Crippen LogP contribution is 2.57. The van der Waals surface area contributed by atoms with Gasteiger partial charge in [0.1, 0.15) is 0 Å². The molecule has 0 fully saturated rings. The first-order valence-electron chi connectivity index (χ1n) is 20.4. The standard InChI is InChI=1S/C57H43N/c1-56(2)49-30-13-10-27-48(49)55-47(29-18-32-51(55)56)46-26-12-16-34-54(46)58(53-33-15-11-25-45(53)42-28-17-20-38-19-7-8-23-41(38)42)40-35-36-44-43-24-9-14-31-50(43)57(3,52(44)37-40)39-21-5-4-6-22-39/h4-37H,1-3H3. The van der Waals surface area contributed by atoms with Gasteiger partial charge in [0.05, 0.1) is 11.4 Å². The molecule has 0 heterocycles. The van der Waals surface area contributed by atoms with E-state index in [-0.39, 0.29) is 10.8 Å².